The predicted octanol–water partition coefficient (Wildman–Crippen LogP) is 7.02. The molecular weight excluding hydrogens is 456 g/mol. The molecular formula is C33H36N2O2. The fraction of sp³-hybridized carbons (Fsp3) is 0.303. The zero-order valence-electron chi connectivity index (χ0n) is 22.1. The number of fused-ring (bicyclic) bond motifs is 1. The lowest BCUT2D eigenvalue weighted by Crippen LogP contribution is -2.30. The van der Waals surface area contributed by atoms with Crippen LogP contribution in [-0.2, 0) is 39.0 Å². The third-order valence-electron chi connectivity index (χ3n) is 7.45. The monoisotopic (exact) mass is 492 g/mol. The Balaban J connectivity index is 1.57. The van der Waals surface area contributed by atoms with Crippen molar-refractivity contribution in [3.8, 4) is 22.8 Å². The van der Waals surface area contributed by atoms with E-state index in [2.05, 4.69) is 74.2 Å². The lowest BCUT2D eigenvalue weighted by Gasteiger charge is -2.30. The van der Waals surface area contributed by atoms with Gasteiger partial charge in [-0.3, -0.25) is 9.88 Å². The van der Waals surface area contributed by atoms with Gasteiger partial charge in [0.1, 0.15) is 11.5 Å². The van der Waals surface area contributed by atoms with Gasteiger partial charge >= 0.3 is 0 Å². The van der Waals surface area contributed by atoms with Crippen molar-refractivity contribution in [3.05, 3.63) is 112 Å². The van der Waals surface area contributed by atoms with Crippen LogP contribution in [0.4, 0.5) is 0 Å². The molecule has 37 heavy (non-hydrogen) atoms. The van der Waals surface area contributed by atoms with E-state index in [0.717, 1.165) is 72.9 Å². The summed E-state index contributed by atoms with van der Waals surface area (Å²) < 4.78 is 6.58. The zero-order valence-corrected chi connectivity index (χ0v) is 22.1. The number of pyridine rings is 1. The maximum Gasteiger partial charge on any atom is 0.135 e. The van der Waals surface area contributed by atoms with Crippen molar-refractivity contribution < 1.29 is 9.84 Å². The molecule has 190 valence electrons. The molecule has 4 aromatic rings. The quantitative estimate of drug-likeness (QED) is 0.287. The predicted molar refractivity (Wildman–Crippen MR) is 150 cm³/mol. The number of benzene rings is 3. The molecule has 1 aromatic heterocycles. The molecule has 0 radical (unpaired) electrons. The fourth-order valence-corrected chi connectivity index (χ4v) is 5.40. The highest BCUT2D eigenvalue weighted by Gasteiger charge is 2.22. The molecule has 4 heteroatoms. The number of aryl methyl sites for hydroxylation is 3. The SMILES string of the molecule is CCc1cccc(CC)c1-c1cc(Oc2cccc(CO)c2)c(CN2CCc3ccccc3C2)c(C)n1. The summed E-state index contributed by atoms with van der Waals surface area (Å²) in [7, 11) is 0. The first-order chi connectivity index (χ1) is 18.1. The molecule has 0 amide bonds. The van der Waals surface area contributed by atoms with Crippen molar-refractivity contribution >= 4 is 0 Å². The molecule has 1 aliphatic heterocycles. The topological polar surface area (TPSA) is 45.6 Å². The molecule has 0 atom stereocenters. The van der Waals surface area contributed by atoms with E-state index in [9.17, 15) is 5.11 Å². The average molecular weight is 493 g/mol. The average Bonchev–Trinajstić information content (AvgIpc) is 2.94. The van der Waals surface area contributed by atoms with Gasteiger partial charge in [0, 0.05) is 42.5 Å². The smallest absolute Gasteiger partial charge is 0.135 e. The van der Waals surface area contributed by atoms with Crippen LogP contribution in [0.1, 0.15) is 52.9 Å². The van der Waals surface area contributed by atoms with E-state index in [-0.39, 0.29) is 6.61 Å². The van der Waals surface area contributed by atoms with Crippen LogP contribution in [-0.4, -0.2) is 21.5 Å². The molecule has 0 saturated heterocycles. The number of aliphatic hydroxyl groups excluding tert-OH is 1. The minimum Gasteiger partial charge on any atom is -0.457 e. The van der Waals surface area contributed by atoms with E-state index in [4.69, 9.17) is 9.72 Å². The Morgan fingerprint density at radius 2 is 1.62 bits per heavy atom. The van der Waals surface area contributed by atoms with Crippen LogP contribution in [0, 0.1) is 6.92 Å². The second kappa shape index (κ2) is 11.3. The van der Waals surface area contributed by atoms with Gasteiger partial charge in [0.15, 0.2) is 0 Å². The molecule has 1 aliphatic rings. The highest BCUT2D eigenvalue weighted by Crippen LogP contribution is 2.36. The van der Waals surface area contributed by atoms with Crippen LogP contribution in [0.3, 0.4) is 0 Å². The number of rotatable bonds is 8. The van der Waals surface area contributed by atoms with E-state index in [0.29, 0.717) is 0 Å². The Morgan fingerprint density at radius 3 is 2.35 bits per heavy atom. The molecule has 2 heterocycles. The van der Waals surface area contributed by atoms with Crippen molar-refractivity contribution in [3.63, 3.8) is 0 Å². The number of nitrogens with zero attached hydrogens (tertiary/aromatic N) is 2. The number of hydrogen-bond acceptors (Lipinski definition) is 4. The Morgan fingerprint density at radius 1 is 0.892 bits per heavy atom. The van der Waals surface area contributed by atoms with Gasteiger partial charge in [-0.15, -0.1) is 0 Å². The second-order valence-corrected chi connectivity index (χ2v) is 9.86. The van der Waals surface area contributed by atoms with E-state index in [1.165, 1.54) is 27.8 Å². The van der Waals surface area contributed by atoms with Crippen molar-refractivity contribution in [2.75, 3.05) is 6.54 Å². The molecule has 3 aromatic carbocycles. The molecule has 5 rings (SSSR count). The fourth-order valence-electron chi connectivity index (χ4n) is 5.40. The van der Waals surface area contributed by atoms with Crippen molar-refractivity contribution in [1.82, 2.24) is 9.88 Å². The van der Waals surface area contributed by atoms with Crippen LogP contribution in [0.2, 0.25) is 0 Å². The highest BCUT2D eigenvalue weighted by molar-refractivity contribution is 5.70. The summed E-state index contributed by atoms with van der Waals surface area (Å²) in [6, 6.07) is 25.1. The first kappa shape index (κ1) is 25.2. The molecule has 0 aliphatic carbocycles. The lowest BCUT2D eigenvalue weighted by atomic mass is 9.94. The highest BCUT2D eigenvalue weighted by atomic mass is 16.5. The maximum atomic E-state index is 9.66. The second-order valence-electron chi connectivity index (χ2n) is 9.86. The van der Waals surface area contributed by atoms with Crippen LogP contribution in [0.5, 0.6) is 11.5 Å². The van der Waals surface area contributed by atoms with Crippen molar-refractivity contribution in [1.29, 1.82) is 0 Å². The largest absolute Gasteiger partial charge is 0.457 e. The Bertz CT molecular complexity index is 1370. The van der Waals surface area contributed by atoms with E-state index in [1.54, 1.807) is 0 Å². The summed E-state index contributed by atoms with van der Waals surface area (Å²) in [5, 5.41) is 9.66. The summed E-state index contributed by atoms with van der Waals surface area (Å²) in [6.45, 7) is 9.21. The Kier molecular flexibility index (Phi) is 7.68. The molecule has 0 unspecified atom stereocenters. The lowest BCUT2D eigenvalue weighted by molar-refractivity contribution is 0.242. The van der Waals surface area contributed by atoms with Gasteiger partial charge in [-0.25, -0.2) is 0 Å². The van der Waals surface area contributed by atoms with Gasteiger partial charge < -0.3 is 9.84 Å². The first-order valence-electron chi connectivity index (χ1n) is 13.4. The third-order valence-corrected chi connectivity index (χ3v) is 7.45. The molecule has 0 saturated carbocycles. The molecule has 1 N–H and O–H groups in total. The standard InChI is InChI=1S/C33H36N2O2/c1-4-25-13-9-14-26(5-2)33(25)31-19-32(37-29-15-8-10-24(18-29)22-36)30(23(3)34-31)21-35-17-16-27-11-6-7-12-28(27)20-35/h6-15,18-19,36H,4-5,16-17,20-22H2,1-3H3. The van der Waals surface area contributed by atoms with Gasteiger partial charge in [0.2, 0.25) is 0 Å². The zero-order chi connectivity index (χ0) is 25.8. The Hall–Kier alpha value is -3.47. The third kappa shape index (κ3) is 5.46. The number of aromatic nitrogens is 1. The summed E-state index contributed by atoms with van der Waals surface area (Å²) in [5.74, 6) is 1.57. The van der Waals surface area contributed by atoms with Gasteiger partial charge in [-0.05, 0) is 66.1 Å². The summed E-state index contributed by atoms with van der Waals surface area (Å²) in [4.78, 5) is 7.65. The molecule has 4 nitrogen and oxygen atoms in total. The van der Waals surface area contributed by atoms with Gasteiger partial charge in [-0.2, -0.15) is 0 Å². The normalized spacial score (nSPS) is 13.4. The van der Waals surface area contributed by atoms with E-state index in [1.807, 2.05) is 24.3 Å². The van der Waals surface area contributed by atoms with Gasteiger partial charge in [0.25, 0.3) is 0 Å². The van der Waals surface area contributed by atoms with Crippen molar-refractivity contribution in [2.45, 2.75) is 59.7 Å². The number of aliphatic hydroxyl groups is 1. The van der Waals surface area contributed by atoms with E-state index >= 15 is 0 Å². The van der Waals surface area contributed by atoms with Crippen LogP contribution in [0.25, 0.3) is 11.3 Å². The summed E-state index contributed by atoms with van der Waals surface area (Å²) in [6.07, 6.45) is 2.96. The minimum atomic E-state index is -0.0123. The molecule has 0 bridgehead atoms. The van der Waals surface area contributed by atoms with Crippen LogP contribution in [0.15, 0.2) is 72.8 Å². The Labute approximate surface area is 220 Å². The summed E-state index contributed by atoms with van der Waals surface area (Å²) >= 11 is 0. The van der Waals surface area contributed by atoms with Crippen LogP contribution >= 0.6 is 0 Å². The van der Waals surface area contributed by atoms with Gasteiger partial charge in [-0.1, -0.05) is 68.4 Å². The summed E-state index contributed by atoms with van der Waals surface area (Å²) in [5.41, 5.74) is 10.6. The molecule has 0 spiro atoms. The number of hydrogen-bond donors (Lipinski definition) is 1. The van der Waals surface area contributed by atoms with E-state index < -0.39 is 0 Å². The molecule has 0 fully saturated rings. The maximum absolute atomic E-state index is 9.66. The number of ether oxygens (including phenoxy) is 1. The van der Waals surface area contributed by atoms with Crippen molar-refractivity contribution in [2.24, 2.45) is 0 Å². The minimum absolute atomic E-state index is 0.0123. The first-order valence-corrected chi connectivity index (χ1v) is 13.4. The van der Waals surface area contributed by atoms with Gasteiger partial charge in [0.05, 0.1) is 12.3 Å². The van der Waals surface area contributed by atoms with Crippen LogP contribution < -0.4 is 4.74 Å².